The number of nitrogens with zero attached hydrogens (tertiary/aromatic N) is 4. The van der Waals surface area contributed by atoms with E-state index in [1.165, 1.54) is 11.3 Å². The molecule has 0 fully saturated rings. The average Bonchev–Trinajstić information content (AvgIpc) is 3.43. The second-order valence-electron chi connectivity index (χ2n) is 7.17. The number of amides is 1. The van der Waals surface area contributed by atoms with Crippen LogP contribution in [-0.2, 0) is 11.2 Å². The second-order valence-corrected chi connectivity index (χ2v) is 8.03. The summed E-state index contributed by atoms with van der Waals surface area (Å²) in [7, 11) is 0. The van der Waals surface area contributed by atoms with Gasteiger partial charge in [-0.1, -0.05) is 49.3 Å². The van der Waals surface area contributed by atoms with Crippen LogP contribution in [0, 0.1) is 5.92 Å². The van der Waals surface area contributed by atoms with Crippen LogP contribution in [0.1, 0.15) is 31.5 Å². The van der Waals surface area contributed by atoms with Crippen molar-refractivity contribution >= 4 is 17.2 Å². The summed E-state index contributed by atoms with van der Waals surface area (Å²) < 4.78 is 5.44. The van der Waals surface area contributed by atoms with E-state index in [4.69, 9.17) is 4.52 Å². The first-order valence-electron chi connectivity index (χ1n) is 9.63. The highest BCUT2D eigenvalue weighted by atomic mass is 32.1. The van der Waals surface area contributed by atoms with Gasteiger partial charge in [-0.3, -0.25) is 9.78 Å². The highest BCUT2D eigenvalue weighted by Gasteiger charge is 2.25. The van der Waals surface area contributed by atoms with E-state index in [1.54, 1.807) is 12.4 Å². The van der Waals surface area contributed by atoms with Crippen LogP contribution in [0.15, 0.2) is 64.8 Å². The Kier molecular flexibility index (Phi) is 5.94. The SMILES string of the molecule is CC(C)[C@@H](NC(=O)Cc1csc(-c2ccccc2)n1)c1nc(-c2cccnc2)no1. The van der Waals surface area contributed by atoms with Crippen LogP contribution in [-0.4, -0.2) is 26.0 Å². The molecule has 0 aliphatic heterocycles. The number of benzene rings is 1. The molecule has 0 unspecified atom stereocenters. The van der Waals surface area contributed by atoms with Gasteiger partial charge in [0.1, 0.15) is 11.0 Å². The maximum atomic E-state index is 12.7. The predicted octanol–water partition coefficient (Wildman–Crippen LogP) is 4.31. The number of hydrogen-bond acceptors (Lipinski definition) is 7. The van der Waals surface area contributed by atoms with Crippen LogP contribution in [0.2, 0.25) is 0 Å². The molecule has 1 N–H and O–H groups in total. The normalized spacial score (nSPS) is 12.1. The number of aromatic nitrogens is 4. The maximum Gasteiger partial charge on any atom is 0.249 e. The molecule has 8 heteroatoms. The van der Waals surface area contributed by atoms with Crippen LogP contribution in [0.4, 0.5) is 0 Å². The van der Waals surface area contributed by atoms with Gasteiger partial charge in [0.15, 0.2) is 0 Å². The van der Waals surface area contributed by atoms with Crippen LogP contribution < -0.4 is 5.32 Å². The Labute approximate surface area is 178 Å². The zero-order valence-corrected chi connectivity index (χ0v) is 17.5. The van der Waals surface area contributed by atoms with Gasteiger partial charge >= 0.3 is 0 Å². The fourth-order valence-electron chi connectivity index (χ4n) is 2.98. The lowest BCUT2D eigenvalue weighted by Gasteiger charge is -2.18. The van der Waals surface area contributed by atoms with Crippen molar-refractivity contribution in [2.45, 2.75) is 26.3 Å². The van der Waals surface area contributed by atoms with Crippen molar-refractivity contribution in [1.29, 1.82) is 0 Å². The fraction of sp³-hybridized carbons (Fsp3) is 0.227. The monoisotopic (exact) mass is 419 g/mol. The number of hydrogen-bond donors (Lipinski definition) is 1. The van der Waals surface area contributed by atoms with Crippen LogP contribution >= 0.6 is 11.3 Å². The summed E-state index contributed by atoms with van der Waals surface area (Å²) >= 11 is 1.53. The third-order valence-electron chi connectivity index (χ3n) is 4.52. The minimum Gasteiger partial charge on any atom is -0.344 e. The smallest absolute Gasteiger partial charge is 0.249 e. The first kappa shape index (κ1) is 19.9. The van der Waals surface area contributed by atoms with Gasteiger partial charge < -0.3 is 9.84 Å². The molecule has 7 nitrogen and oxygen atoms in total. The molecule has 0 spiro atoms. The maximum absolute atomic E-state index is 12.7. The van der Waals surface area contributed by atoms with Gasteiger partial charge in [-0.25, -0.2) is 4.98 Å². The summed E-state index contributed by atoms with van der Waals surface area (Å²) in [6, 6.07) is 13.2. The summed E-state index contributed by atoms with van der Waals surface area (Å²) in [5, 5.41) is 9.85. The number of carbonyl (C=O) groups is 1. The lowest BCUT2D eigenvalue weighted by molar-refractivity contribution is -0.121. The zero-order valence-electron chi connectivity index (χ0n) is 16.6. The second kappa shape index (κ2) is 8.96. The first-order chi connectivity index (χ1) is 14.6. The van der Waals surface area contributed by atoms with Crippen molar-refractivity contribution in [3.05, 3.63) is 71.8 Å². The summed E-state index contributed by atoms with van der Waals surface area (Å²) in [4.78, 5) is 25.8. The Morgan fingerprint density at radius 3 is 2.63 bits per heavy atom. The Morgan fingerprint density at radius 2 is 1.90 bits per heavy atom. The van der Waals surface area contributed by atoms with Crippen LogP contribution in [0.5, 0.6) is 0 Å². The van der Waals surface area contributed by atoms with E-state index in [0.29, 0.717) is 11.7 Å². The Balaban J connectivity index is 1.44. The summed E-state index contributed by atoms with van der Waals surface area (Å²) in [5.41, 5.74) is 2.54. The van der Waals surface area contributed by atoms with Crippen LogP contribution in [0.25, 0.3) is 22.0 Å². The zero-order chi connectivity index (χ0) is 20.9. The number of rotatable bonds is 7. The Bertz CT molecular complexity index is 1110. The topological polar surface area (TPSA) is 93.8 Å². The molecule has 0 aliphatic rings. The minimum absolute atomic E-state index is 0.0754. The van der Waals surface area contributed by atoms with Crippen molar-refractivity contribution in [2.24, 2.45) is 5.92 Å². The number of thiazole rings is 1. The van der Waals surface area contributed by atoms with Crippen LogP contribution in [0.3, 0.4) is 0 Å². The number of pyridine rings is 1. The van der Waals surface area contributed by atoms with Crippen molar-refractivity contribution in [3.63, 3.8) is 0 Å². The first-order valence-corrected chi connectivity index (χ1v) is 10.5. The third kappa shape index (κ3) is 4.60. The van der Waals surface area contributed by atoms with Crippen molar-refractivity contribution < 1.29 is 9.32 Å². The Hall–Kier alpha value is -3.39. The van der Waals surface area contributed by atoms with E-state index in [0.717, 1.165) is 21.8 Å². The summed E-state index contributed by atoms with van der Waals surface area (Å²) in [6.45, 7) is 3.99. The standard InChI is InChI=1S/C22H21N5O2S/c1-14(2)19(21-26-20(27-29-21)16-9-6-10-23-12-16)25-18(28)11-17-13-30-22(24-17)15-7-4-3-5-8-15/h3-10,12-14,19H,11H2,1-2H3,(H,25,28)/t19-/m1/s1. The van der Waals surface area contributed by atoms with E-state index in [9.17, 15) is 4.79 Å². The molecule has 4 aromatic rings. The molecule has 0 bridgehead atoms. The third-order valence-corrected chi connectivity index (χ3v) is 5.47. The lowest BCUT2D eigenvalue weighted by atomic mass is 10.0. The van der Waals surface area contributed by atoms with E-state index < -0.39 is 0 Å². The molecular weight excluding hydrogens is 398 g/mol. The van der Waals surface area contributed by atoms with E-state index in [2.05, 4.69) is 25.4 Å². The van der Waals surface area contributed by atoms with Crippen molar-refractivity contribution in [3.8, 4) is 22.0 Å². The lowest BCUT2D eigenvalue weighted by Crippen LogP contribution is -2.33. The van der Waals surface area contributed by atoms with Gasteiger partial charge in [-0.15, -0.1) is 11.3 Å². The molecule has 0 radical (unpaired) electrons. The number of nitrogens with one attached hydrogen (secondary N) is 1. The minimum atomic E-state index is -0.386. The van der Waals surface area contributed by atoms with Gasteiger partial charge in [0.25, 0.3) is 0 Å². The van der Waals surface area contributed by atoms with Gasteiger partial charge in [0.05, 0.1) is 12.1 Å². The molecule has 0 saturated carbocycles. The molecule has 1 aromatic carbocycles. The molecule has 0 saturated heterocycles. The summed E-state index contributed by atoms with van der Waals surface area (Å²) in [6.07, 6.45) is 3.55. The van der Waals surface area contributed by atoms with Gasteiger partial charge in [-0.05, 0) is 18.1 Å². The molecule has 3 heterocycles. The molecule has 1 amide bonds. The highest BCUT2D eigenvalue weighted by Crippen LogP contribution is 2.25. The largest absolute Gasteiger partial charge is 0.344 e. The molecule has 4 rings (SSSR count). The van der Waals surface area contributed by atoms with Gasteiger partial charge in [0, 0.05) is 28.9 Å². The average molecular weight is 420 g/mol. The van der Waals surface area contributed by atoms with Crippen molar-refractivity contribution in [2.75, 3.05) is 0 Å². The quantitative estimate of drug-likeness (QED) is 0.480. The van der Waals surface area contributed by atoms with Crippen molar-refractivity contribution in [1.82, 2.24) is 25.4 Å². The molecule has 3 aromatic heterocycles. The summed E-state index contributed by atoms with van der Waals surface area (Å²) in [5.74, 6) is 0.761. The van der Waals surface area contributed by atoms with E-state index >= 15 is 0 Å². The van der Waals surface area contributed by atoms with E-state index in [-0.39, 0.29) is 24.3 Å². The predicted molar refractivity (Wildman–Crippen MR) is 115 cm³/mol. The number of carbonyl (C=O) groups excluding carboxylic acids is 1. The molecule has 0 aliphatic carbocycles. The molecule has 30 heavy (non-hydrogen) atoms. The molecule has 152 valence electrons. The van der Waals surface area contributed by atoms with Gasteiger partial charge in [-0.2, -0.15) is 4.98 Å². The highest BCUT2D eigenvalue weighted by molar-refractivity contribution is 7.13. The van der Waals surface area contributed by atoms with Gasteiger partial charge in [0.2, 0.25) is 17.6 Å². The Morgan fingerprint density at radius 1 is 1.10 bits per heavy atom. The van der Waals surface area contributed by atoms with E-state index in [1.807, 2.05) is 61.7 Å². The molecule has 1 atom stereocenters. The molecular formula is C22H21N5O2S. The fourth-order valence-corrected chi connectivity index (χ4v) is 3.80.